The molecule has 8 heteroatoms. The van der Waals surface area contributed by atoms with Crippen molar-refractivity contribution in [3.8, 4) is 11.4 Å². The number of nitrogens with zero attached hydrogens (tertiary/aromatic N) is 1. The van der Waals surface area contributed by atoms with Crippen molar-refractivity contribution in [1.82, 2.24) is 4.98 Å². The second-order valence-electron chi connectivity index (χ2n) is 6.12. The van der Waals surface area contributed by atoms with Gasteiger partial charge in [0.15, 0.2) is 11.0 Å². The third kappa shape index (κ3) is 3.43. The van der Waals surface area contributed by atoms with Crippen LogP contribution < -0.4 is 10.3 Å². The zero-order valence-corrected chi connectivity index (χ0v) is 15.2. The van der Waals surface area contributed by atoms with Gasteiger partial charge in [0, 0.05) is 17.8 Å². The number of benzene rings is 3. The number of aromatic nitrogens is 2. The van der Waals surface area contributed by atoms with Gasteiger partial charge in [-0.2, -0.15) is 0 Å². The lowest BCUT2D eigenvalue weighted by Crippen LogP contribution is -2.13. The van der Waals surface area contributed by atoms with Gasteiger partial charge in [-0.3, -0.25) is 14.9 Å². The first kappa shape index (κ1) is 17.7. The fraction of sp³-hybridized carbons (Fsp3) is 0. The number of imidazole rings is 1. The van der Waals surface area contributed by atoms with E-state index in [4.69, 9.17) is 11.6 Å². The Hall–Kier alpha value is -3.71. The van der Waals surface area contributed by atoms with Gasteiger partial charge in [-0.25, -0.2) is 9.97 Å². The number of nitrogens with one attached hydrogen (secondary N) is 3. The Balaban J connectivity index is 1.55. The van der Waals surface area contributed by atoms with Gasteiger partial charge < -0.3 is 5.32 Å². The molecule has 138 valence electrons. The molecule has 1 heterocycles. The van der Waals surface area contributed by atoms with Gasteiger partial charge in [-0.1, -0.05) is 23.7 Å². The minimum atomic E-state index is -0.571. The minimum Gasteiger partial charge on any atom is -0.322 e. The maximum Gasteiger partial charge on any atom is 0.285 e. The molecule has 0 aliphatic rings. The van der Waals surface area contributed by atoms with Crippen LogP contribution >= 0.6 is 11.6 Å². The van der Waals surface area contributed by atoms with Crippen molar-refractivity contribution < 1.29 is 14.7 Å². The summed E-state index contributed by atoms with van der Waals surface area (Å²) in [4.78, 5) is 29.4. The highest BCUT2D eigenvalue weighted by atomic mass is 35.5. The summed E-state index contributed by atoms with van der Waals surface area (Å²) in [6.07, 6.45) is 0. The first-order valence-electron chi connectivity index (χ1n) is 8.37. The number of para-hydroxylation sites is 2. The summed E-state index contributed by atoms with van der Waals surface area (Å²) in [5, 5.41) is 13.8. The number of amides is 1. The summed E-state index contributed by atoms with van der Waals surface area (Å²) in [6.45, 7) is 0. The van der Waals surface area contributed by atoms with Gasteiger partial charge in [0.2, 0.25) is 0 Å². The molecule has 4 aromatic rings. The standard InChI is InChI=1S/C20H13ClN4O3/c21-16-10-9-14(25(27)28)11-15(16)20(26)22-13-7-5-12(6-8-13)19-23-17-3-1-2-4-18(17)24-19/h1-11H,(H,22,26)(H,23,24)/p+1. The Morgan fingerprint density at radius 1 is 1.07 bits per heavy atom. The number of carbonyl (C=O) groups is 1. The van der Waals surface area contributed by atoms with Crippen molar-refractivity contribution in [2.24, 2.45) is 0 Å². The van der Waals surface area contributed by atoms with E-state index in [1.807, 2.05) is 36.4 Å². The summed E-state index contributed by atoms with van der Waals surface area (Å²) in [7, 11) is 0. The van der Waals surface area contributed by atoms with E-state index in [1.165, 1.54) is 12.1 Å². The molecule has 28 heavy (non-hydrogen) atoms. The van der Waals surface area contributed by atoms with Gasteiger partial charge in [0.05, 0.1) is 21.1 Å². The number of halogens is 1. The molecule has 1 aromatic heterocycles. The second kappa shape index (κ2) is 7.13. The van der Waals surface area contributed by atoms with Gasteiger partial charge in [0.1, 0.15) is 0 Å². The molecule has 3 N–H and O–H groups in total. The van der Waals surface area contributed by atoms with Crippen LogP contribution in [0.4, 0.5) is 11.4 Å². The molecule has 3 aromatic carbocycles. The largest absolute Gasteiger partial charge is 0.322 e. The summed E-state index contributed by atoms with van der Waals surface area (Å²) < 4.78 is 0. The van der Waals surface area contributed by atoms with E-state index >= 15 is 0 Å². The number of rotatable bonds is 4. The number of carbonyl (C=O) groups excluding carboxylic acids is 1. The lowest BCUT2D eigenvalue weighted by atomic mass is 10.1. The lowest BCUT2D eigenvalue weighted by Gasteiger charge is -2.07. The molecule has 0 unspecified atom stereocenters. The second-order valence-corrected chi connectivity index (χ2v) is 6.53. The Kier molecular flexibility index (Phi) is 4.50. The van der Waals surface area contributed by atoms with Crippen molar-refractivity contribution in [3.05, 3.63) is 87.4 Å². The molecule has 0 aliphatic heterocycles. The number of H-pyrrole nitrogens is 2. The molecule has 4 rings (SSSR count). The molecule has 1 amide bonds. The van der Waals surface area contributed by atoms with Gasteiger partial charge >= 0.3 is 0 Å². The van der Waals surface area contributed by atoms with Crippen molar-refractivity contribution in [2.45, 2.75) is 0 Å². The highest BCUT2D eigenvalue weighted by Gasteiger charge is 2.17. The predicted octanol–water partition coefficient (Wildman–Crippen LogP) is 4.46. The van der Waals surface area contributed by atoms with E-state index in [0.29, 0.717) is 5.69 Å². The van der Waals surface area contributed by atoms with Gasteiger partial charge in [-0.15, -0.1) is 0 Å². The first-order valence-corrected chi connectivity index (χ1v) is 8.75. The van der Waals surface area contributed by atoms with Crippen molar-refractivity contribution in [2.75, 3.05) is 5.32 Å². The van der Waals surface area contributed by atoms with Crippen LogP contribution in [0.5, 0.6) is 0 Å². The maximum absolute atomic E-state index is 12.5. The number of nitro groups is 1. The van der Waals surface area contributed by atoms with E-state index in [1.54, 1.807) is 12.1 Å². The number of hydrogen-bond acceptors (Lipinski definition) is 3. The smallest absolute Gasteiger partial charge is 0.285 e. The van der Waals surface area contributed by atoms with E-state index < -0.39 is 10.8 Å². The molecule has 0 atom stereocenters. The fourth-order valence-electron chi connectivity index (χ4n) is 2.87. The van der Waals surface area contributed by atoms with Crippen LogP contribution in [0.25, 0.3) is 22.4 Å². The van der Waals surface area contributed by atoms with E-state index in [0.717, 1.165) is 28.5 Å². The number of non-ortho nitro benzene ring substituents is 1. The van der Waals surface area contributed by atoms with Crippen LogP contribution in [-0.4, -0.2) is 15.8 Å². The summed E-state index contributed by atoms with van der Waals surface area (Å²) in [5.41, 5.74) is 3.31. The quantitative estimate of drug-likeness (QED) is 0.395. The minimum absolute atomic E-state index is 0.0453. The number of aromatic amines is 2. The first-order chi connectivity index (χ1) is 13.5. The van der Waals surface area contributed by atoms with Crippen molar-refractivity contribution >= 4 is 39.9 Å². The van der Waals surface area contributed by atoms with Crippen molar-refractivity contribution in [3.63, 3.8) is 0 Å². The zero-order chi connectivity index (χ0) is 19.7. The molecule has 0 saturated carbocycles. The van der Waals surface area contributed by atoms with Gasteiger partial charge in [0.25, 0.3) is 17.4 Å². The molecule has 0 saturated heterocycles. The predicted molar refractivity (Wildman–Crippen MR) is 106 cm³/mol. The summed E-state index contributed by atoms with van der Waals surface area (Å²) in [5.74, 6) is 0.333. The summed E-state index contributed by atoms with van der Waals surface area (Å²) in [6, 6.07) is 18.8. The molecule has 0 aliphatic carbocycles. The maximum atomic E-state index is 12.5. The van der Waals surface area contributed by atoms with E-state index in [2.05, 4.69) is 15.3 Å². The van der Waals surface area contributed by atoms with Crippen LogP contribution in [0.3, 0.4) is 0 Å². The van der Waals surface area contributed by atoms with Crippen LogP contribution in [0.15, 0.2) is 66.7 Å². The highest BCUT2D eigenvalue weighted by Crippen LogP contribution is 2.24. The summed E-state index contributed by atoms with van der Waals surface area (Å²) >= 11 is 6.01. The fourth-order valence-corrected chi connectivity index (χ4v) is 3.07. The molecule has 0 bridgehead atoms. The normalized spacial score (nSPS) is 10.8. The number of anilines is 1. The van der Waals surface area contributed by atoms with Crippen LogP contribution in [0, 0.1) is 10.1 Å². The van der Waals surface area contributed by atoms with Crippen molar-refractivity contribution in [1.29, 1.82) is 0 Å². The molecule has 0 spiro atoms. The average Bonchev–Trinajstić information content (AvgIpc) is 3.13. The molecule has 0 fully saturated rings. The molecule has 7 nitrogen and oxygen atoms in total. The van der Waals surface area contributed by atoms with E-state index in [-0.39, 0.29) is 16.3 Å². The van der Waals surface area contributed by atoms with Crippen LogP contribution in [-0.2, 0) is 0 Å². The zero-order valence-electron chi connectivity index (χ0n) is 14.4. The Bertz CT molecular complexity index is 1170. The highest BCUT2D eigenvalue weighted by molar-refractivity contribution is 6.34. The third-order valence-electron chi connectivity index (χ3n) is 4.28. The van der Waals surface area contributed by atoms with E-state index in [9.17, 15) is 14.9 Å². The number of hydrogen-bond donors (Lipinski definition) is 2. The number of nitro benzene ring substituents is 1. The van der Waals surface area contributed by atoms with Crippen LogP contribution in [0.1, 0.15) is 10.4 Å². The Morgan fingerprint density at radius 3 is 2.54 bits per heavy atom. The molecular weight excluding hydrogens is 380 g/mol. The molecular formula is C20H14ClN4O3+. The van der Waals surface area contributed by atoms with Gasteiger partial charge in [-0.05, 0) is 42.5 Å². The average molecular weight is 394 g/mol. The Labute approximate surface area is 164 Å². The lowest BCUT2D eigenvalue weighted by molar-refractivity contribution is -0.384. The SMILES string of the molecule is O=C(Nc1ccc(-c2[nH]c3ccccc3[nH+]2)cc1)c1cc([N+](=O)[O-])ccc1Cl. The topological polar surface area (TPSA) is 102 Å². The number of fused-ring (bicyclic) bond motifs is 1. The Morgan fingerprint density at radius 2 is 1.82 bits per heavy atom. The van der Waals surface area contributed by atoms with Crippen LogP contribution in [0.2, 0.25) is 5.02 Å². The molecule has 0 radical (unpaired) electrons. The third-order valence-corrected chi connectivity index (χ3v) is 4.61. The monoisotopic (exact) mass is 393 g/mol.